The van der Waals surface area contributed by atoms with Crippen LogP contribution in [0.1, 0.15) is 30.1 Å². The maximum Gasteiger partial charge on any atom is 0.253 e. The van der Waals surface area contributed by atoms with Crippen LogP contribution in [-0.2, 0) is 0 Å². The van der Waals surface area contributed by atoms with Crippen LogP contribution in [0.15, 0.2) is 24.3 Å². The van der Waals surface area contributed by atoms with E-state index in [1.165, 1.54) is 0 Å². The molecule has 0 aliphatic carbocycles. The van der Waals surface area contributed by atoms with Crippen molar-refractivity contribution in [3.8, 4) is 6.07 Å². The van der Waals surface area contributed by atoms with Gasteiger partial charge in [-0.3, -0.25) is 4.79 Å². The maximum absolute atomic E-state index is 12.1. The fourth-order valence-corrected chi connectivity index (χ4v) is 1.86. The molecular weight excluding hydrogens is 238 g/mol. The fraction of sp³-hybridized carbons (Fsp3) is 0.467. The van der Waals surface area contributed by atoms with Gasteiger partial charge >= 0.3 is 0 Å². The molecule has 4 nitrogen and oxygen atoms in total. The lowest BCUT2D eigenvalue weighted by atomic mass is 10.1. The molecule has 0 bridgehead atoms. The number of hydrogen-bond donors (Lipinski definition) is 0. The zero-order chi connectivity index (χ0) is 14.3. The molecule has 0 N–H and O–H groups in total. The van der Waals surface area contributed by atoms with Crippen LogP contribution in [-0.4, -0.2) is 38.0 Å². The molecule has 0 saturated carbocycles. The van der Waals surface area contributed by atoms with Crippen LogP contribution in [0.2, 0.25) is 0 Å². The Balaban J connectivity index is 2.70. The van der Waals surface area contributed by atoms with Crippen molar-refractivity contribution in [2.45, 2.75) is 19.8 Å². The summed E-state index contributed by atoms with van der Waals surface area (Å²) in [5.41, 5.74) is 1.77. The molecule has 102 valence electrons. The molecule has 4 heteroatoms. The summed E-state index contributed by atoms with van der Waals surface area (Å²) in [6.07, 6.45) is 1.45. The molecule has 1 rings (SSSR count). The average Bonchev–Trinajstić information content (AvgIpc) is 2.44. The Morgan fingerprint density at radius 2 is 1.84 bits per heavy atom. The van der Waals surface area contributed by atoms with Gasteiger partial charge in [-0.1, -0.05) is 6.92 Å². The highest BCUT2D eigenvalue weighted by Gasteiger charge is 2.11. The topological polar surface area (TPSA) is 47.3 Å². The molecule has 0 aliphatic rings. The fourth-order valence-electron chi connectivity index (χ4n) is 1.86. The first-order chi connectivity index (χ1) is 9.10. The Bertz CT molecular complexity index is 447. The quantitative estimate of drug-likeness (QED) is 0.788. The number of nitrogens with zero attached hydrogens (tertiary/aromatic N) is 3. The van der Waals surface area contributed by atoms with Crippen molar-refractivity contribution >= 4 is 11.6 Å². The van der Waals surface area contributed by atoms with Crippen LogP contribution in [0.25, 0.3) is 0 Å². The van der Waals surface area contributed by atoms with Crippen LogP contribution in [0, 0.1) is 11.3 Å². The van der Waals surface area contributed by atoms with Gasteiger partial charge in [0.1, 0.15) is 0 Å². The van der Waals surface area contributed by atoms with Crippen molar-refractivity contribution in [3.05, 3.63) is 29.8 Å². The number of nitriles is 1. The van der Waals surface area contributed by atoms with E-state index in [0.29, 0.717) is 18.5 Å². The molecule has 1 amide bonds. The van der Waals surface area contributed by atoms with E-state index in [4.69, 9.17) is 5.26 Å². The molecule has 1 aromatic carbocycles. The van der Waals surface area contributed by atoms with E-state index in [0.717, 1.165) is 18.7 Å². The van der Waals surface area contributed by atoms with E-state index in [1.54, 1.807) is 11.9 Å². The van der Waals surface area contributed by atoms with Gasteiger partial charge in [0.05, 0.1) is 12.5 Å². The van der Waals surface area contributed by atoms with E-state index in [-0.39, 0.29) is 5.91 Å². The van der Waals surface area contributed by atoms with Gasteiger partial charge in [-0.15, -0.1) is 0 Å². The van der Waals surface area contributed by atoms with Gasteiger partial charge in [-0.25, -0.2) is 0 Å². The number of amides is 1. The molecule has 0 atom stereocenters. The van der Waals surface area contributed by atoms with Crippen molar-refractivity contribution in [1.82, 2.24) is 4.90 Å². The summed E-state index contributed by atoms with van der Waals surface area (Å²) in [6.45, 7) is 3.60. The molecule has 0 fully saturated rings. The molecule has 0 heterocycles. The molecule has 1 aromatic rings. The second-order valence-electron chi connectivity index (χ2n) is 4.60. The SMILES string of the molecule is CCCN(C)c1ccc(C(=O)N(C)CCC#N)cc1. The van der Waals surface area contributed by atoms with Crippen LogP contribution in [0.5, 0.6) is 0 Å². The van der Waals surface area contributed by atoms with E-state index >= 15 is 0 Å². The molecule has 0 saturated heterocycles. The number of benzene rings is 1. The summed E-state index contributed by atoms with van der Waals surface area (Å²) in [7, 11) is 3.76. The molecular formula is C15H21N3O. The number of hydrogen-bond acceptors (Lipinski definition) is 3. The highest BCUT2D eigenvalue weighted by Crippen LogP contribution is 2.15. The summed E-state index contributed by atoms with van der Waals surface area (Å²) in [4.78, 5) is 15.8. The Hall–Kier alpha value is -2.02. The van der Waals surface area contributed by atoms with Crippen LogP contribution in [0.3, 0.4) is 0 Å². The first-order valence-electron chi connectivity index (χ1n) is 6.53. The zero-order valence-electron chi connectivity index (χ0n) is 11.9. The average molecular weight is 259 g/mol. The minimum atomic E-state index is -0.0417. The van der Waals surface area contributed by atoms with Gasteiger partial charge < -0.3 is 9.80 Å². The largest absolute Gasteiger partial charge is 0.375 e. The third-order valence-corrected chi connectivity index (χ3v) is 3.02. The molecule has 0 aromatic heterocycles. The van der Waals surface area contributed by atoms with Gasteiger partial charge in [0.15, 0.2) is 0 Å². The van der Waals surface area contributed by atoms with Gasteiger partial charge in [0, 0.05) is 38.4 Å². The first kappa shape index (κ1) is 15.0. The molecule has 19 heavy (non-hydrogen) atoms. The van der Waals surface area contributed by atoms with Gasteiger partial charge in [-0.2, -0.15) is 5.26 Å². The number of carbonyl (C=O) groups is 1. The first-order valence-corrected chi connectivity index (χ1v) is 6.53. The lowest BCUT2D eigenvalue weighted by Crippen LogP contribution is -2.27. The van der Waals surface area contributed by atoms with Crippen molar-refractivity contribution in [2.75, 3.05) is 32.1 Å². The summed E-state index contributed by atoms with van der Waals surface area (Å²) >= 11 is 0. The minimum absolute atomic E-state index is 0.0417. The van der Waals surface area contributed by atoms with Crippen LogP contribution < -0.4 is 4.90 Å². The predicted molar refractivity (Wildman–Crippen MR) is 77.2 cm³/mol. The normalized spacial score (nSPS) is 9.79. The number of rotatable bonds is 6. The summed E-state index contributed by atoms with van der Waals surface area (Å²) in [5, 5.41) is 8.52. The van der Waals surface area contributed by atoms with Crippen molar-refractivity contribution in [1.29, 1.82) is 5.26 Å². The minimum Gasteiger partial charge on any atom is -0.375 e. The summed E-state index contributed by atoms with van der Waals surface area (Å²) in [6, 6.07) is 9.64. The van der Waals surface area contributed by atoms with Crippen molar-refractivity contribution < 1.29 is 4.79 Å². The lowest BCUT2D eigenvalue weighted by Gasteiger charge is -2.19. The smallest absolute Gasteiger partial charge is 0.253 e. The van der Waals surface area contributed by atoms with E-state index in [9.17, 15) is 4.79 Å². The highest BCUT2D eigenvalue weighted by atomic mass is 16.2. The molecule has 0 unspecified atom stereocenters. The second kappa shape index (κ2) is 7.42. The van der Waals surface area contributed by atoms with Crippen LogP contribution >= 0.6 is 0 Å². The molecule has 0 radical (unpaired) electrons. The monoisotopic (exact) mass is 259 g/mol. The standard InChI is InChI=1S/C15H21N3O/c1-4-11-17(2)14-8-6-13(7-9-14)15(19)18(3)12-5-10-16/h6-9H,4-5,11-12H2,1-3H3. The van der Waals surface area contributed by atoms with Gasteiger partial charge in [-0.05, 0) is 30.7 Å². The Morgan fingerprint density at radius 1 is 1.21 bits per heavy atom. The third-order valence-electron chi connectivity index (χ3n) is 3.02. The number of carbonyl (C=O) groups excluding carboxylic acids is 1. The molecule has 0 spiro atoms. The number of anilines is 1. The van der Waals surface area contributed by atoms with Crippen molar-refractivity contribution in [2.24, 2.45) is 0 Å². The Kier molecular flexibility index (Phi) is 5.87. The van der Waals surface area contributed by atoms with Crippen LogP contribution in [0.4, 0.5) is 5.69 Å². The van der Waals surface area contributed by atoms with Crippen molar-refractivity contribution in [3.63, 3.8) is 0 Å². The maximum atomic E-state index is 12.1. The third kappa shape index (κ3) is 4.29. The van der Waals surface area contributed by atoms with E-state index in [2.05, 4.69) is 11.8 Å². The lowest BCUT2D eigenvalue weighted by molar-refractivity contribution is 0.0798. The van der Waals surface area contributed by atoms with E-state index in [1.807, 2.05) is 37.4 Å². The summed E-state index contributed by atoms with van der Waals surface area (Å²) in [5.74, 6) is -0.0417. The summed E-state index contributed by atoms with van der Waals surface area (Å²) < 4.78 is 0. The van der Waals surface area contributed by atoms with E-state index < -0.39 is 0 Å². The zero-order valence-corrected chi connectivity index (χ0v) is 11.9. The molecule has 0 aliphatic heterocycles. The predicted octanol–water partition coefficient (Wildman–Crippen LogP) is 2.52. The highest BCUT2D eigenvalue weighted by molar-refractivity contribution is 5.94. The van der Waals surface area contributed by atoms with Gasteiger partial charge in [0.25, 0.3) is 5.91 Å². The second-order valence-corrected chi connectivity index (χ2v) is 4.60. The van der Waals surface area contributed by atoms with Gasteiger partial charge in [0.2, 0.25) is 0 Å². The Labute approximate surface area is 115 Å². The Morgan fingerprint density at radius 3 is 2.37 bits per heavy atom.